The van der Waals surface area contributed by atoms with E-state index in [-0.39, 0.29) is 5.91 Å². The monoisotopic (exact) mass is 283 g/mol. The quantitative estimate of drug-likeness (QED) is 0.842. The average Bonchev–Trinajstić information content (AvgIpc) is 3.06. The molecule has 0 aliphatic heterocycles. The van der Waals surface area contributed by atoms with Crippen molar-refractivity contribution in [3.05, 3.63) is 35.6 Å². The van der Waals surface area contributed by atoms with Crippen LogP contribution in [-0.2, 0) is 0 Å². The lowest BCUT2D eigenvalue weighted by molar-refractivity contribution is 0.0633. The van der Waals surface area contributed by atoms with E-state index < -0.39 is 0 Å². The minimum atomic E-state index is 0.109. The Bertz CT molecular complexity index is 678. The number of amides is 1. The predicted octanol–water partition coefficient (Wildman–Crippen LogP) is 4.29. The Balaban J connectivity index is 1.72. The molecule has 3 heteroatoms. The number of hydrogen-bond donors (Lipinski definition) is 0. The number of fused-ring (bicyclic) bond motifs is 1. The summed E-state index contributed by atoms with van der Waals surface area (Å²) in [6.07, 6.45) is 7.12. The maximum absolute atomic E-state index is 13.0. The molecule has 0 saturated heterocycles. The van der Waals surface area contributed by atoms with Gasteiger partial charge in [-0.3, -0.25) is 4.79 Å². The van der Waals surface area contributed by atoms with Gasteiger partial charge in [0.15, 0.2) is 5.76 Å². The average molecular weight is 283 g/mol. The van der Waals surface area contributed by atoms with Gasteiger partial charge in [-0.1, -0.05) is 31.0 Å². The first-order valence-corrected chi connectivity index (χ1v) is 8.06. The molecule has 1 aromatic heterocycles. The molecule has 2 aliphatic carbocycles. The number of carbonyl (C=O) groups excluding carboxylic acids is 1. The van der Waals surface area contributed by atoms with E-state index in [1.165, 1.54) is 12.8 Å². The highest BCUT2D eigenvalue weighted by Gasteiger charge is 2.40. The molecular formula is C18H21NO2. The zero-order valence-electron chi connectivity index (χ0n) is 12.5. The van der Waals surface area contributed by atoms with Gasteiger partial charge in [-0.15, -0.1) is 0 Å². The van der Waals surface area contributed by atoms with E-state index in [0.29, 0.717) is 17.8 Å². The molecule has 1 aromatic carbocycles. The number of carbonyl (C=O) groups is 1. The number of aryl methyl sites for hydroxylation is 1. The summed E-state index contributed by atoms with van der Waals surface area (Å²) in [7, 11) is 0. The van der Waals surface area contributed by atoms with Crippen molar-refractivity contribution in [2.75, 3.05) is 0 Å². The lowest BCUT2D eigenvalue weighted by Crippen LogP contribution is -2.40. The van der Waals surface area contributed by atoms with Gasteiger partial charge in [-0.2, -0.15) is 0 Å². The second-order valence-corrected chi connectivity index (χ2v) is 6.43. The third-order valence-corrected chi connectivity index (χ3v) is 4.93. The number of para-hydroxylation sites is 1. The first-order chi connectivity index (χ1) is 10.3. The van der Waals surface area contributed by atoms with E-state index >= 15 is 0 Å². The number of rotatable bonds is 3. The van der Waals surface area contributed by atoms with Gasteiger partial charge < -0.3 is 9.32 Å². The molecule has 0 atom stereocenters. The van der Waals surface area contributed by atoms with Crippen LogP contribution in [0.25, 0.3) is 11.0 Å². The molecule has 110 valence electrons. The van der Waals surface area contributed by atoms with Gasteiger partial charge in [0, 0.05) is 23.0 Å². The van der Waals surface area contributed by atoms with Crippen LogP contribution in [0.5, 0.6) is 0 Å². The molecule has 1 amide bonds. The molecule has 0 unspecified atom stereocenters. The van der Waals surface area contributed by atoms with Gasteiger partial charge in [0.2, 0.25) is 0 Å². The van der Waals surface area contributed by atoms with E-state index in [0.717, 1.165) is 42.2 Å². The van der Waals surface area contributed by atoms with Crippen LogP contribution in [0.2, 0.25) is 0 Å². The fourth-order valence-corrected chi connectivity index (χ4v) is 3.66. The fourth-order valence-electron chi connectivity index (χ4n) is 3.66. The van der Waals surface area contributed by atoms with E-state index in [2.05, 4.69) is 4.90 Å². The largest absolute Gasteiger partial charge is 0.451 e. The van der Waals surface area contributed by atoms with Crippen molar-refractivity contribution in [1.29, 1.82) is 0 Å². The summed E-state index contributed by atoms with van der Waals surface area (Å²) in [4.78, 5) is 15.2. The molecule has 21 heavy (non-hydrogen) atoms. The third kappa shape index (κ3) is 2.15. The standard InChI is InChI=1S/C18H21NO2/c1-12-15-8-4-5-9-16(15)21-17(12)18(20)19(14-10-11-14)13-6-2-3-7-13/h4-5,8-9,13-14H,2-3,6-7,10-11H2,1H3. The van der Waals surface area contributed by atoms with Gasteiger partial charge in [-0.25, -0.2) is 0 Å². The zero-order valence-corrected chi connectivity index (χ0v) is 12.5. The molecule has 0 N–H and O–H groups in total. The predicted molar refractivity (Wildman–Crippen MR) is 82.4 cm³/mol. The number of furan rings is 1. The molecule has 2 aliphatic rings. The van der Waals surface area contributed by atoms with Crippen LogP contribution in [0.1, 0.15) is 54.6 Å². The smallest absolute Gasteiger partial charge is 0.290 e. The SMILES string of the molecule is Cc1c(C(=O)N(C2CCCC2)C2CC2)oc2ccccc12. The highest BCUT2D eigenvalue weighted by Crippen LogP contribution is 2.37. The molecule has 0 spiro atoms. The van der Waals surface area contributed by atoms with Crippen molar-refractivity contribution in [2.45, 2.75) is 57.5 Å². The van der Waals surface area contributed by atoms with Crippen LogP contribution in [0.4, 0.5) is 0 Å². The highest BCUT2D eigenvalue weighted by atomic mass is 16.3. The molecule has 2 aromatic rings. The summed E-state index contributed by atoms with van der Waals surface area (Å²) in [6, 6.07) is 8.80. The molecule has 2 saturated carbocycles. The zero-order chi connectivity index (χ0) is 14.4. The van der Waals surface area contributed by atoms with Gasteiger partial charge >= 0.3 is 0 Å². The summed E-state index contributed by atoms with van der Waals surface area (Å²) in [5, 5.41) is 1.06. The summed E-state index contributed by atoms with van der Waals surface area (Å²) in [6.45, 7) is 2.00. The lowest BCUT2D eigenvalue weighted by atomic mass is 10.1. The molecule has 3 nitrogen and oxygen atoms in total. The van der Waals surface area contributed by atoms with Gasteiger partial charge in [0.25, 0.3) is 5.91 Å². The fraction of sp³-hybridized carbons (Fsp3) is 0.500. The van der Waals surface area contributed by atoms with Gasteiger partial charge in [0.1, 0.15) is 5.58 Å². The van der Waals surface area contributed by atoms with E-state index in [4.69, 9.17) is 4.42 Å². The van der Waals surface area contributed by atoms with Crippen LogP contribution < -0.4 is 0 Å². The van der Waals surface area contributed by atoms with E-state index in [9.17, 15) is 4.79 Å². The Labute approximate surface area is 124 Å². The van der Waals surface area contributed by atoms with E-state index in [1.807, 2.05) is 31.2 Å². The Hall–Kier alpha value is -1.77. The Morgan fingerprint density at radius 2 is 1.76 bits per heavy atom. The Morgan fingerprint density at radius 3 is 2.43 bits per heavy atom. The lowest BCUT2D eigenvalue weighted by Gasteiger charge is -2.28. The Morgan fingerprint density at radius 1 is 1.10 bits per heavy atom. The Kier molecular flexibility index (Phi) is 3.02. The van der Waals surface area contributed by atoms with Gasteiger partial charge in [-0.05, 0) is 38.7 Å². The number of hydrogen-bond acceptors (Lipinski definition) is 2. The summed E-state index contributed by atoms with van der Waals surface area (Å²) in [5.41, 5.74) is 1.81. The molecule has 2 fully saturated rings. The second kappa shape index (κ2) is 4.90. The molecule has 1 heterocycles. The van der Waals surface area contributed by atoms with Crippen molar-refractivity contribution in [3.8, 4) is 0 Å². The topological polar surface area (TPSA) is 33.5 Å². The second-order valence-electron chi connectivity index (χ2n) is 6.43. The normalized spacial score (nSPS) is 19.3. The third-order valence-electron chi connectivity index (χ3n) is 4.93. The van der Waals surface area contributed by atoms with Crippen molar-refractivity contribution in [1.82, 2.24) is 4.90 Å². The first-order valence-electron chi connectivity index (χ1n) is 8.06. The van der Waals surface area contributed by atoms with Crippen molar-refractivity contribution in [2.24, 2.45) is 0 Å². The molecular weight excluding hydrogens is 262 g/mol. The molecule has 0 bridgehead atoms. The summed E-state index contributed by atoms with van der Waals surface area (Å²) < 4.78 is 5.89. The summed E-state index contributed by atoms with van der Waals surface area (Å²) in [5.74, 6) is 0.660. The minimum absolute atomic E-state index is 0.109. The van der Waals surface area contributed by atoms with Gasteiger partial charge in [0.05, 0.1) is 0 Å². The minimum Gasteiger partial charge on any atom is -0.451 e. The maximum Gasteiger partial charge on any atom is 0.290 e. The van der Waals surface area contributed by atoms with Crippen LogP contribution in [-0.4, -0.2) is 22.9 Å². The first kappa shape index (κ1) is 12.9. The van der Waals surface area contributed by atoms with Crippen LogP contribution in [0, 0.1) is 6.92 Å². The molecule has 0 radical (unpaired) electrons. The van der Waals surface area contributed by atoms with Crippen LogP contribution in [0.15, 0.2) is 28.7 Å². The maximum atomic E-state index is 13.0. The van der Waals surface area contributed by atoms with Crippen molar-refractivity contribution >= 4 is 16.9 Å². The van der Waals surface area contributed by atoms with Crippen LogP contribution >= 0.6 is 0 Å². The summed E-state index contributed by atoms with van der Waals surface area (Å²) >= 11 is 0. The van der Waals surface area contributed by atoms with Crippen LogP contribution in [0.3, 0.4) is 0 Å². The van der Waals surface area contributed by atoms with E-state index in [1.54, 1.807) is 0 Å². The highest BCUT2D eigenvalue weighted by molar-refractivity contribution is 5.99. The van der Waals surface area contributed by atoms with Crippen molar-refractivity contribution in [3.63, 3.8) is 0 Å². The number of benzene rings is 1. The van der Waals surface area contributed by atoms with Crippen molar-refractivity contribution < 1.29 is 9.21 Å². The number of nitrogens with zero attached hydrogens (tertiary/aromatic N) is 1. The molecule has 4 rings (SSSR count).